The number of hydrogen-bond acceptors (Lipinski definition) is 4. The minimum atomic E-state index is -0.615. The lowest BCUT2D eigenvalue weighted by Crippen LogP contribution is -2.29. The molecule has 6 heteroatoms. The Morgan fingerprint density at radius 1 is 1.56 bits per heavy atom. The predicted molar refractivity (Wildman–Crippen MR) is 66.6 cm³/mol. The van der Waals surface area contributed by atoms with Crippen molar-refractivity contribution >= 4 is 5.91 Å². The Balaban J connectivity index is 2.68. The fourth-order valence-electron chi connectivity index (χ4n) is 1.45. The second-order valence-electron chi connectivity index (χ2n) is 4.10. The van der Waals surface area contributed by atoms with E-state index in [1.54, 1.807) is 0 Å². The molecule has 1 atom stereocenters. The summed E-state index contributed by atoms with van der Waals surface area (Å²) >= 11 is 0. The van der Waals surface area contributed by atoms with E-state index in [4.69, 9.17) is 0 Å². The lowest BCUT2D eigenvalue weighted by atomic mass is 10.2. The molecule has 6 nitrogen and oxygen atoms in total. The van der Waals surface area contributed by atoms with Crippen LogP contribution in [0, 0.1) is 0 Å². The van der Waals surface area contributed by atoms with Crippen molar-refractivity contribution in [1.82, 2.24) is 9.88 Å². The minimum absolute atomic E-state index is 0.0518. The predicted octanol–water partition coefficient (Wildman–Crippen LogP) is -0.0183. The minimum Gasteiger partial charge on any atom is -0.502 e. The van der Waals surface area contributed by atoms with Crippen LogP contribution in [0.4, 0.5) is 0 Å². The first-order valence-corrected chi connectivity index (χ1v) is 5.82. The van der Waals surface area contributed by atoms with Gasteiger partial charge in [-0.05, 0) is 18.9 Å². The summed E-state index contributed by atoms with van der Waals surface area (Å²) in [6.07, 6.45) is 2.01. The van der Waals surface area contributed by atoms with Crippen LogP contribution in [0.5, 0.6) is 5.75 Å². The van der Waals surface area contributed by atoms with Gasteiger partial charge in [-0.2, -0.15) is 0 Å². The molecule has 18 heavy (non-hydrogen) atoms. The Morgan fingerprint density at radius 3 is 2.83 bits per heavy atom. The number of amides is 1. The highest BCUT2D eigenvalue weighted by atomic mass is 16.3. The molecule has 0 aliphatic rings. The van der Waals surface area contributed by atoms with E-state index in [0.29, 0.717) is 19.4 Å². The monoisotopic (exact) mass is 254 g/mol. The largest absolute Gasteiger partial charge is 0.502 e. The third-order valence-electron chi connectivity index (χ3n) is 2.72. The average molecular weight is 254 g/mol. The van der Waals surface area contributed by atoms with Crippen LogP contribution in [-0.4, -0.2) is 33.3 Å². The van der Waals surface area contributed by atoms with Crippen molar-refractivity contribution in [1.29, 1.82) is 0 Å². The van der Waals surface area contributed by atoms with Gasteiger partial charge in [0.1, 0.15) is 0 Å². The number of aryl methyl sites for hydroxylation is 1. The zero-order valence-electron chi connectivity index (χ0n) is 10.5. The van der Waals surface area contributed by atoms with Gasteiger partial charge in [-0.25, -0.2) is 0 Å². The van der Waals surface area contributed by atoms with Gasteiger partial charge in [0.05, 0.1) is 11.7 Å². The summed E-state index contributed by atoms with van der Waals surface area (Å²) in [6.45, 7) is 2.14. The van der Waals surface area contributed by atoms with Crippen molar-refractivity contribution in [2.24, 2.45) is 7.05 Å². The maximum atomic E-state index is 11.7. The Kier molecular flexibility index (Phi) is 4.91. The molecule has 100 valence electrons. The molecule has 0 aliphatic carbocycles. The maximum absolute atomic E-state index is 11.7. The SMILES string of the molecule is CCC(O)CCNC(=O)c1ccn(C)c(=O)c1O. The number of nitrogens with zero attached hydrogens (tertiary/aromatic N) is 1. The zero-order valence-corrected chi connectivity index (χ0v) is 10.5. The van der Waals surface area contributed by atoms with Crippen molar-refractivity contribution in [3.8, 4) is 5.75 Å². The van der Waals surface area contributed by atoms with E-state index in [1.807, 2.05) is 6.92 Å². The molecule has 1 aromatic heterocycles. The smallest absolute Gasteiger partial charge is 0.293 e. The van der Waals surface area contributed by atoms with Gasteiger partial charge < -0.3 is 20.1 Å². The molecular formula is C12H18N2O4. The molecule has 1 heterocycles. The topological polar surface area (TPSA) is 91.6 Å². The molecule has 0 saturated heterocycles. The highest BCUT2D eigenvalue weighted by molar-refractivity contribution is 5.96. The number of carbonyl (C=O) groups is 1. The van der Waals surface area contributed by atoms with E-state index in [9.17, 15) is 19.8 Å². The third kappa shape index (κ3) is 3.33. The standard InChI is InChI=1S/C12H18N2O4/c1-3-8(15)4-6-13-11(17)9-5-7-14(2)12(18)10(9)16/h5,7-8,15-16H,3-4,6H2,1-2H3,(H,13,17). The molecular weight excluding hydrogens is 236 g/mol. The first-order valence-electron chi connectivity index (χ1n) is 5.82. The number of nitrogens with one attached hydrogen (secondary N) is 1. The van der Waals surface area contributed by atoms with Gasteiger partial charge in [-0.1, -0.05) is 6.92 Å². The number of pyridine rings is 1. The van der Waals surface area contributed by atoms with Crippen LogP contribution in [0.1, 0.15) is 30.1 Å². The fourth-order valence-corrected chi connectivity index (χ4v) is 1.45. The van der Waals surface area contributed by atoms with Crippen LogP contribution in [0.15, 0.2) is 17.1 Å². The number of aliphatic hydroxyl groups excluding tert-OH is 1. The summed E-state index contributed by atoms with van der Waals surface area (Å²) in [5.74, 6) is -1.08. The number of aromatic nitrogens is 1. The molecule has 0 spiro atoms. The van der Waals surface area contributed by atoms with Gasteiger partial charge in [-0.3, -0.25) is 9.59 Å². The molecule has 0 radical (unpaired) electrons. The summed E-state index contributed by atoms with van der Waals surface area (Å²) in [5, 5.41) is 21.4. The fraction of sp³-hybridized carbons (Fsp3) is 0.500. The van der Waals surface area contributed by atoms with Crippen molar-refractivity contribution in [3.05, 3.63) is 28.2 Å². The number of aromatic hydroxyl groups is 1. The molecule has 1 aromatic rings. The van der Waals surface area contributed by atoms with Crippen LogP contribution < -0.4 is 10.9 Å². The van der Waals surface area contributed by atoms with Crippen molar-refractivity contribution in [3.63, 3.8) is 0 Å². The molecule has 1 rings (SSSR count). The summed E-state index contributed by atoms with van der Waals surface area (Å²) in [4.78, 5) is 23.1. The Bertz CT molecular complexity index is 481. The van der Waals surface area contributed by atoms with Gasteiger partial charge in [0.25, 0.3) is 11.5 Å². The summed E-state index contributed by atoms with van der Waals surface area (Å²) in [7, 11) is 1.49. The molecule has 0 saturated carbocycles. The molecule has 1 amide bonds. The zero-order chi connectivity index (χ0) is 13.7. The van der Waals surface area contributed by atoms with Gasteiger partial charge in [0, 0.05) is 19.8 Å². The van der Waals surface area contributed by atoms with Crippen LogP contribution in [0.25, 0.3) is 0 Å². The summed E-state index contributed by atoms with van der Waals surface area (Å²) in [5.41, 5.74) is -0.666. The molecule has 0 aliphatic heterocycles. The summed E-state index contributed by atoms with van der Waals surface area (Å²) < 4.78 is 1.19. The second-order valence-corrected chi connectivity index (χ2v) is 4.10. The van der Waals surface area contributed by atoms with Crippen LogP contribution >= 0.6 is 0 Å². The van der Waals surface area contributed by atoms with Gasteiger partial charge in [-0.15, -0.1) is 0 Å². The van der Waals surface area contributed by atoms with E-state index >= 15 is 0 Å². The quantitative estimate of drug-likeness (QED) is 0.688. The average Bonchev–Trinajstić information content (AvgIpc) is 2.35. The molecule has 0 aromatic carbocycles. The first kappa shape index (κ1) is 14.2. The highest BCUT2D eigenvalue weighted by Gasteiger charge is 2.14. The Hall–Kier alpha value is -1.82. The van der Waals surface area contributed by atoms with Crippen LogP contribution in [0.3, 0.4) is 0 Å². The lowest BCUT2D eigenvalue weighted by molar-refractivity contribution is 0.0939. The van der Waals surface area contributed by atoms with Crippen molar-refractivity contribution in [2.75, 3.05) is 6.54 Å². The Morgan fingerprint density at radius 2 is 2.22 bits per heavy atom. The van der Waals surface area contributed by atoms with Gasteiger partial charge >= 0.3 is 0 Å². The van der Waals surface area contributed by atoms with E-state index < -0.39 is 23.3 Å². The molecule has 0 fully saturated rings. The Labute approximate surface area is 105 Å². The molecule has 1 unspecified atom stereocenters. The van der Waals surface area contributed by atoms with Crippen molar-refractivity contribution in [2.45, 2.75) is 25.9 Å². The number of rotatable bonds is 5. The van der Waals surface area contributed by atoms with E-state index in [0.717, 1.165) is 0 Å². The normalized spacial score (nSPS) is 12.2. The van der Waals surface area contributed by atoms with Crippen LogP contribution in [-0.2, 0) is 7.05 Å². The summed E-state index contributed by atoms with van der Waals surface area (Å²) in [6, 6.07) is 1.38. The van der Waals surface area contributed by atoms with E-state index in [-0.39, 0.29) is 5.56 Å². The molecule has 3 N–H and O–H groups in total. The van der Waals surface area contributed by atoms with Gasteiger partial charge in [0.2, 0.25) is 0 Å². The number of aliphatic hydroxyl groups is 1. The van der Waals surface area contributed by atoms with Crippen LogP contribution in [0.2, 0.25) is 0 Å². The third-order valence-corrected chi connectivity index (χ3v) is 2.72. The molecule has 0 bridgehead atoms. The van der Waals surface area contributed by atoms with Gasteiger partial charge in [0.15, 0.2) is 5.75 Å². The van der Waals surface area contributed by atoms with Crippen molar-refractivity contribution < 1.29 is 15.0 Å². The van der Waals surface area contributed by atoms with E-state index in [2.05, 4.69) is 5.32 Å². The first-order chi connectivity index (χ1) is 8.47. The van der Waals surface area contributed by atoms with E-state index in [1.165, 1.54) is 23.9 Å². The lowest BCUT2D eigenvalue weighted by Gasteiger charge is -2.09. The highest BCUT2D eigenvalue weighted by Crippen LogP contribution is 2.09. The maximum Gasteiger partial charge on any atom is 0.293 e. The number of hydrogen-bond donors (Lipinski definition) is 3. The number of carbonyl (C=O) groups excluding carboxylic acids is 1. The second kappa shape index (κ2) is 6.20.